The lowest BCUT2D eigenvalue weighted by Crippen LogP contribution is -2.44. The summed E-state index contributed by atoms with van der Waals surface area (Å²) in [6.45, 7) is 6.66. The molecule has 0 aliphatic heterocycles. The molecule has 1 N–H and O–H groups in total. The zero-order valence-corrected chi connectivity index (χ0v) is 13.1. The second kappa shape index (κ2) is 7.02. The third kappa shape index (κ3) is 4.54. The maximum atomic E-state index is 12.0. The van der Waals surface area contributed by atoms with E-state index in [9.17, 15) is 19.7 Å². The number of ether oxygens (including phenoxy) is 1. The zero-order valence-electron chi connectivity index (χ0n) is 13.1. The van der Waals surface area contributed by atoms with Gasteiger partial charge in [0.25, 0.3) is 11.6 Å². The van der Waals surface area contributed by atoms with Crippen molar-refractivity contribution in [3.05, 3.63) is 39.4 Å². The molecule has 7 nitrogen and oxygen atoms in total. The summed E-state index contributed by atoms with van der Waals surface area (Å²) in [7, 11) is 0. The molecule has 0 fully saturated rings. The van der Waals surface area contributed by atoms with E-state index in [1.54, 1.807) is 0 Å². The van der Waals surface area contributed by atoms with Crippen molar-refractivity contribution in [2.24, 2.45) is 0 Å². The molecule has 0 spiro atoms. The maximum absolute atomic E-state index is 12.0. The van der Waals surface area contributed by atoms with Crippen LogP contribution < -0.4 is 5.32 Å². The van der Waals surface area contributed by atoms with Crippen LogP contribution in [0.1, 0.15) is 43.1 Å². The van der Waals surface area contributed by atoms with E-state index in [1.807, 2.05) is 20.8 Å². The Balaban J connectivity index is 2.77. The van der Waals surface area contributed by atoms with E-state index < -0.39 is 28.9 Å². The van der Waals surface area contributed by atoms with Crippen molar-refractivity contribution in [2.45, 2.75) is 39.7 Å². The predicted molar refractivity (Wildman–Crippen MR) is 80.6 cm³/mol. The molecule has 0 bridgehead atoms. The van der Waals surface area contributed by atoms with Gasteiger partial charge in [-0.2, -0.15) is 0 Å². The summed E-state index contributed by atoms with van der Waals surface area (Å²) in [6.07, 6.45) is 0.718. The van der Waals surface area contributed by atoms with Gasteiger partial charge in [0.15, 0.2) is 6.61 Å². The van der Waals surface area contributed by atoms with E-state index in [1.165, 1.54) is 25.1 Å². The van der Waals surface area contributed by atoms with Gasteiger partial charge in [-0.15, -0.1) is 0 Å². The van der Waals surface area contributed by atoms with Gasteiger partial charge in [-0.25, -0.2) is 4.79 Å². The number of rotatable bonds is 6. The second-order valence-electron chi connectivity index (χ2n) is 5.59. The molecule has 0 atom stereocenters. The molecule has 1 rings (SSSR count). The summed E-state index contributed by atoms with van der Waals surface area (Å²) in [5.74, 6) is -1.34. The van der Waals surface area contributed by atoms with Crippen molar-refractivity contribution in [3.8, 4) is 0 Å². The minimum Gasteiger partial charge on any atom is -0.452 e. The number of nitrogens with zero attached hydrogens (tertiary/aromatic N) is 1. The summed E-state index contributed by atoms with van der Waals surface area (Å²) in [5, 5.41) is 13.7. The van der Waals surface area contributed by atoms with Crippen molar-refractivity contribution in [3.63, 3.8) is 0 Å². The summed E-state index contributed by atoms with van der Waals surface area (Å²) in [4.78, 5) is 34.1. The van der Waals surface area contributed by atoms with Crippen molar-refractivity contribution in [2.75, 3.05) is 6.61 Å². The Bertz CT molecular complexity index is 596. The normalized spacial score (nSPS) is 10.9. The summed E-state index contributed by atoms with van der Waals surface area (Å²) >= 11 is 0. The molecule has 1 aromatic carbocycles. The number of para-hydroxylation sites is 1. The molecule has 120 valence electrons. The van der Waals surface area contributed by atoms with E-state index in [0.29, 0.717) is 5.56 Å². The van der Waals surface area contributed by atoms with E-state index in [2.05, 4.69) is 5.32 Å². The van der Waals surface area contributed by atoms with E-state index in [0.717, 1.165) is 6.42 Å². The topological polar surface area (TPSA) is 98.5 Å². The number of nitro groups is 1. The van der Waals surface area contributed by atoms with Crippen LogP contribution in [0.15, 0.2) is 18.2 Å². The number of carbonyl (C=O) groups excluding carboxylic acids is 2. The van der Waals surface area contributed by atoms with Gasteiger partial charge >= 0.3 is 5.97 Å². The summed E-state index contributed by atoms with van der Waals surface area (Å²) in [5.41, 5.74) is -0.510. The third-order valence-electron chi connectivity index (χ3n) is 3.34. The fraction of sp³-hybridized carbons (Fsp3) is 0.467. The SMILES string of the molecule is CCC(C)(C)NC(=O)COC(=O)c1cccc(C)c1[N+](=O)[O-]. The Hall–Kier alpha value is -2.44. The van der Waals surface area contributed by atoms with Gasteiger partial charge < -0.3 is 10.1 Å². The number of aryl methyl sites for hydroxylation is 1. The smallest absolute Gasteiger partial charge is 0.345 e. The number of carbonyl (C=O) groups is 2. The monoisotopic (exact) mass is 308 g/mol. The zero-order chi connectivity index (χ0) is 16.9. The highest BCUT2D eigenvalue weighted by Crippen LogP contribution is 2.23. The van der Waals surface area contributed by atoms with Gasteiger partial charge in [0.2, 0.25) is 0 Å². The van der Waals surface area contributed by atoms with Gasteiger partial charge in [0, 0.05) is 11.1 Å². The number of hydrogen-bond donors (Lipinski definition) is 1. The van der Waals surface area contributed by atoms with Crippen LogP contribution in [0.2, 0.25) is 0 Å². The van der Waals surface area contributed by atoms with E-state index in [4.69, 9.17) is 4.74 Å². The highest BCUT2D eigenvalue weighted by atomic mass is 16.6. The predicted octanol–water partition coefficient (Wildman–Crippen LogP) is 2.36. The molecule has 0 radical (unpaired) electrons. The first-order chi connectivity index (χ1) is 10.2. The fourth-order valence-corrected chi connectivity index (χ4v) is 1.78. The van der Waals surface area contributed by atoms with Crippen LogP contribution in [-0.4, -0.2) is 28.9 Å². The first kappa shape index (κ1) is 17.6. The molecule has 0 saturated heterocycles. The number of esters is 1. The van der Waals surface area contributed by atoms with Gasteiger partial charge in [-0.05, 0) is 33.3 Å². The number of amides is 1. The Morgan fingerprint density at radius 3 is 2.55 bits per heavy atom. The number of nitrogens with one attached hydrogen (secondary N) is 1. The maximum Gasteiger partial charge on any atom is 0.345 e. The second-order valence-corrected chi connectivity index (χ2v) is 5.59. The van der Waals surface area contributed by atoms with Gasteiger partial charge in [0.1, 0.15) is 5.56 Å². The van der Waals surface area contributed by atoms with Crippen LogP contribution in [0, 0.1) is 17.0 Å². The molecular weight excluding hydrogens is 288 g/mol. The number of nitro benzene ring substituents is 1. The molecule has 0 aliphatic rings. The van der Waals surface area contributed by atoms with Crippen LogP contribution in [0.5, 0.6) is 0 Å². The van der Waals surface area contributed by atoms with Gasteiger partial charge in [-0.1, -0.05) is 19.1 Å². The van der Waals surface area contributed by atoms with Crippen molar-refractivity contribution >= 4 is 17.6 Å². The summed E-state index contributed by atoms with van der Waals surface area (Å²) in [6, 6.07) is 4.37. The van der Waals surface area contributed by atoms with Crippen LogP contribution >= 0.6 is 0 Å². The van der Waals surface area contributed by atoms with E-state index in [-0.39, 0.29) is 11.3 Å². The molecule has 1 amide bonds. The van der Waals surface area contributed by atoms with Crippen LogP contribution in [-0.2, 0) is 9.53 Å². The highest BCUT2D eigenvalue weighted by molar-refractivity contribution is 5.95. The molecule has 0 heterocycles. The van der Waals surface area contributed by atoms with Gasteiger partial charge in [0.05, 0.1) is 4.92 Å². The quantitative estimate of drug-likeness (QED) is 0.494. The average molecular weight is 308 g/mol. The molecule has 1 aromatic rings. The summed E-state index contributed by atoms with van der Waals surface area (Å²) < 4.78 is 4.87. The van der Waals surface area contributed by atoms with Crippen molar-refractivity contribution in [1.82, 2.24) is 5.32 Å². The molecule has 0 saturated carbocycles. The van der Waals surface area contributed by atoms with Gasteiger partial charge in [-0.3, -0.25) is 14.9 Å². The number of hydrogen-bond acceptors (Lipinski definition) is 5. The Labute approximate surface area is 128 Å². The van der Waals surface area contributed by atoms with Crippen LogP contribution in [0.25, 0.3) is 0 Å². The first-order valence-corrected chi connectivity index (χ1v) is 6.90. The molecular formula is C15H20N2O5. The fourth-order valence-electron chi connectivity index (χ4n) is 1.78. The van der Waals surface area contributed by atoms with Crippen molar-refractivity contribution in [1.29, 1.82) is 0 Å². The number of benzene rings is 1. The molecule has 0 unspecified atom stereocenters. The molecule has 0 aliphatic carbocycles. The average Bonchev–Trinajstić information content (AvgIpc) is 2.43. The van der Waals surface area contributed by atoms with Crippen LogP contribution in [0.3, 0.4) is 0 Å². The minimum atomic E-state index is -0.889. The molecule has 0 aromatic heterocycles. The first-order valence-electron chi connectivity index (χ1n) is 6.90. The Kier molecular flexibility index (Phi) is 5.62. The van der Waals surface area contributed by atoms with E-state index >= 15 is 0 Å². The Morgan fingerprint density at radius 1 is 1.36 bits per heavy atom. The van der Waals surface area contributed by atoms with Crippen molar-refractivity contribution < 1.29 is 19.2 Å². The lowest BCUT2D eigenvalue weighted by atomic mass is 10.0. The Morgan fingerprint density at radius 2 is 2.00 bits per heavy atom. The minimum absolute atomic E-state index is 0.160. The molecule has 7 heteroatoms. The highest BCUT2D eigenvalue weighted by Gasteiger charge is 2.25. The standard InChI is InChI=1S/C15H20N2O5/c1-5-15(3,4)16-12(18)9-22-14(19)11-8-6-7-10(2)13(11)17(20)21/h6-8H,5,9H2,1-4H3,(H,16,18). The van der Waals surface area contributed by atoms with Crippen LogP contribution in [0.4, 0.5) is 5.69 Å². The largest absolute Gasteiger partial charge is 0.452 e. The lowest BCUT2D eigenvalue weighted by Gasteiger charge is -2.24. The third-order valence-corrected chi connectivity index (χ3v) is 3.34. The lowest BCUT2D eigenvalue weighted by molar-refractivity contribution is -0.385. The molecule has 22 heavy (non-hydrogen) atoms.